The van der Waals surface area contributed by atoms with Crippen molar-refractivity contribution in [1.82, 2.24) is 9.97 Å². The zero-order chi connectivity index (χ0) is 19.1. The van der Waals surface area contributed by atoms with Gasteiger partial charge in [-0.15, -0.1) is 0 Å². The Bertz CT molecular complexity index is 830. The van der Waals surface area contributed by atoms with Crippen molar-refractivity contribution in [3.05, 3.63) is 11.3 Å². The Morgan fingerprint density at radius 1 is 1.23 bits per heavy atom. The maximum atomic E-state index is 10.6. The van der Waals surface area contributed by atoms with Gasteiger partial charge in [-0.2, -0.15) is 18.2 Å². The summed E-state index contributed by atoms with van der Waals surface area (Å²) >= 11 is 0. The highest BCUT2D eigenvalue weighted by molar-refractivity contribution is 5.89. The van der Waals surface area contributed by atoms with E-state index in [0.29, 0.717) is 5.95 Å². The van der Waals surface area contributed by atoms with E-state index in [-0.39, 0.29) is 6.04 Å². The van der Waals surface area contributed by atoms with Crippen LogP contribution in [0.15, 0.2) is 4.42 Å². The minimum atomic E-state index is -5.08. The first kappa shape index (κ1) is 18.2. The molecule has 0 saturated carbocycles. The molecule has 0 amide bonds. The number of nitrogen functional groups attached to an aromatic ring is 1. The van der Waals surface area contributed by atoms with E-state index >= 15 is 0 Å². The number of halogens is 3. The molecule has 5 N–H and O–H groups in total. The number of carboxylic acids is 1. The first-order valence-electron chi connectivity index (χ1n) is 8.05. The molecular weight excluding hydrogens is 355 g/mol. The van der Waals surface area contributed by atoms with Gasteiger partial charge in [-0.3, -0.25) is 0 Å². The first-order chi connectivity index (χ1) is 12.2. The van der Waals surface area contributed by atoms with Crippen molar-refractivity contribution in [3.63, 3.8) is 0 Å². The molecule has 26 heavy (non-hydrogen) atoms. The summed E-state index contributed by atoms with van der Waals surface area (Å²) in [4.78, 5) is 19.7. The van der Waals surface area contributed by atoms with Crippen LogP contribution in [0.25, 0.3) is 11.1 Å². The summed E-state index contributed by atoms with van der Waals surface area (Å²) in [6.45, 7) is 1.60. The van der Waals surface area contributed by atoms with Crippen LogP contribution in [0.4, 0.5) is 24.9 Å². The van der Waals surface area contributed by atoms with Crippen molar-refractivity contribution in [2.45, 2.75) is 37.9 Å². The van der Waals surface area contributed by atoms with Crippen LogP contribution in [0.3, 0.4) is 0 Å². The van der Waals surface area contributed by atoms with Crippen LogP contribution >= 0.6 is 0 Å². The lowest BCUT2D eigenvalue weighted by atomic mass is 9.98. The Balaban J connectivity index is 0.000000242. The van der Waals surface area contributed by atoms with E-state index in [1.54, 1.807) is 0 Å². The quantitative estimate of drug-likeness (QED) is 0.685. The molecule has 0 aromatic carbocycles. The van der Waals surface area contributed by atoms with Crippen LogP contribution in [-0.2, 0) is 17.6 Å². The standard InChI is InChI=1S/C13H17N5O.C2HF3O2/c14-7-5-18(6-7)12-11-10(16-13(15)17-12)8-3-1-2-4-9(8)19-11;3-2(4,5)1(6)7/h7H,1-6,14H2,(H2,15,16,17);(H,6,7). The fraction of sp³-hybridized carbons (Fsp3) is 0.533. The summed E-state index contributed by atoms with van der Waals surface area (Å²) in [6.07, 6.45) is -0.697. The number of furan rings is 1. The van der Waals surface area contributed by atoms with Gasteiger partial charge in [0, 0.05) is 31.1 Å². The molecule has 142 valence electrons. The molecule has 1 fully saturated rings. The Morgan fingerprint density at radius 3 is 2.42 bits per heavy atom. The van der Waals surface area contributed by atoms with Crippen LogP contribution in [0.1, 0.15) is 24.2 Å². The number of hydrogen-bond donors (Lipinski definition) is 3. The van der Waals surface area contributed by atoms with E-state index in [2.05, 4.69) is 14.9 Å². The molecule has 11 heteroatoms. The molecule has 1 saturated heterocycles. The first-order valence-corrected chi connectivity index (χ1v) is 8.05. The number of fused-ring (bicyclic) bond motifs is 3. The average Bonchev–Trinajstić information content (AvgIpc) is 2.90. The third kappa shape index (κ3) is 3.52. The Kier molecular flexibility index (Phi) is 4.65. The van der Waals surface area contributed by atoms with Gasteiger partial charge in [0.25, 0.3) is 0 Å². The molecule has 1 aliphatic heterocycles. The van der Waals surface area contributed by atoms with Crippen molar-refractivity contribution in [2.24, 2.45) is 5.73 Å². The third-order valence-corrected chi connectivity index (χ3v) is 4.25. The highest BCUT2D eigenvalue weighted by Crippen LogP contribution is 2.36. The molecular formula is C15H18F3N5O3. The SMILES string of the molecule is Nc1nc(N2CC(N)C2)c2oc3c(c2n1)CCCC3.O=C(O)C(F)(F)F. The van der Waals surface area contributed by atoms with Gasteiger partial charge < -0.3 is 25.9 Å². The van der Waals surface area contributed by atoms with E-state index in [1.807, 2.05) is 0 Å². The molecule has 4 rings (SSSR count). The van der Waals surface area contributed by atoms with Gasteiger partial charge in [0.2, 0.25) is 5.95 Å². The Morgan fingerprint density at radius 2 is 1.85 bits per heavy atom. The van der Waals surface area contributed by atoms with Crippen LogP contribution in [0, 0.1) is 0 Å². The van der Waals surface area contributed by atoms with Crippen molar-refractivity contribution < 1.29 is 27.5 Å². The summed E-state index contributed by atoms with van der Waals surface area (Å²) in [5, 5.41) is 7.12. The predicted molar refractivity (Wildman–Crippen MR) is 86.7 cm³/mol. The van der Waals surface area contributed by atoms with Gasteiger partial charge in [0.1, 0.15) is 11.3 Å². The summed E-state index contributed by atoms with van der Waals surface area (Å²) in [7, 11) is 0. The smallest absolute Gasteiger partial charge is 0.475 e. The normalized spacial score (nSPS) is 17.3. The number of nitrogens with zero attached hydrogens (tertiary/aromatic N) is 3. The highest BCUT2D eigenvalue weighted by Gasteiger charge is 2.38. The van der Waals surface area contributed by atoms with E-state index in [1.165, 1.54) is 18.4 Å². The molecule has 0 atom stereocenters. The third-order valence-electron chi connectivity index (χ3n) is 4.25. The molecule has 3 heterocycles. The number of carbonyl (C=O) groups is 1. The molecule has 2 aromatic rings. The van der Waals surface area contributed by atoms with Crippen molar-refractivity contribution in [2.75, 3.05) is 23.7 Å². The van der Waals surface area contributed by atoms with Gasteiger partial charge in [0.05, 0.1) is 0 Å². The lowest BCUT2D eigenvalue weighted by Crippen LogP contribution is -2.56. The zero-order valence-corrected chi connectivity index (χ0v) is 13.7. The minimum Gasteiger partial charge on any atom is -0.475 e. The lowest BCUT2D eigenvalue weighted by molar-refractivity contribution is -0.192. The topological polar surface area (TPSA) is 132 Å². The molecule has 8 nitrogen and oxygen atoms in total. The number of nitrogens with two attached hydrogens (primary N) is 2. The second-order valence-electron chi connectivity index (χ2n) is 6.26. The van der Waals surface area contributed by atoms with Gasteiger partial charge in [0.15, 0.2) is 11.4 Å². The second-order valence-corrected chi connectivity index (χ2v) is 6.26. The van der Waals surface area contributed by atoms with E-state index in [4.69, 9.17) is 25.8 Å². The monoisotopic (exact) mass is 373 g/mol. The molecule has 0 radical (unpaired) electrons. The van der Waals surface area contributed by atoms with Crippen molar-refractivity contribution in [1.29, 1.82) is 0 Å². The zero-order valence-electron chi connectivity index (χ0n) is 13.7. The lowest BCUT2D eigenvalue weighted by Gasteiger charge is -2.37. The summed E-state index contributed by atoms with van der Waals surface area (Å²) in [5.41, 5.74) is 14.6. The van der Waals surface area contributed by atoms with Crippen molar-refractivity contribution >= 4 is 28.8 Å². The second kappa shape index (κ2) is 6.63. The number of rotatable bonds is 1. The molecule has 2 aliphatic rings. The van der Waals surface area contributed by atoms with Crippen LogP contribution in [-0.4, -0.2) is 46.4 Å². The van der Waals surface area contributed by atoms with Gasteiger partial charge in [-0.25, -0.2) is 9.78 Å². The van der Waals surface area contributed by atoms with Gasteiger partial charge in [-0.1, -0.05) is 0 Å². The van der Waals surface area contributed by atoms with Crippen LogP contribution in [0.5, 0.6) is 0 Å². The number of aryl methyl sites for hydroxylation is 2. The van der Waals surface area contributed by atoms with Gasteiger partial charge >= 0.3 is 12.1 Å². The molecule has 0 spiro atoms. The van der Waals surface area contributed by atoms with Crippen molar-refractivity contribution in [3.8, 4) is 0 Å². The number of carboxylic acid groups (broad SMARTS) is 1. The summed E-state index contributed by atoms with van der Waals surface area (Å²) in [5.74, 6) is -0.574. The fourth-order valence-electron chi connectivity index (χ4n) is 3.02. The van der Waals surface area contributed by atoms with E-state index in [9.17, 15) is 13.2 Å². The Labute approximate surface area is 146 Å². The Hall–Kier alpha value is -2.56. The maximum absolute atomic E-state index is 10.6. The molecule has 1 aliphatic carbocycles. The van der Waals surface area contributed by atoms with E-state index < -0.39 is 12.1 Å². The molecule has 0 unspecified atom stereocenters. The number of aromatic nitrogens is 2. The summed E-state index contributed by atoms with van der Waals surface area (Å²) < 4.78 is 37.7. The number of hydrogen-bond acceptors (Lipinski definition) is 7. The summed E-state index contributed by atoms with van der Waals surface area (Å²) in [6, 6.07) is 0.218. The number of anilines is 2. The average molecular weight is 373 g/mol. The van der Waals surface area contributed by atoms with Crippen LogP contribution < -0.4 is 16.4 Å². The number of alkyl halides is 3. The van der Waals surface area contributed by atoms with Gasteiger partial charge in [-0.05, 0) is 19.3 Å². The maximum Gasteiger partial charge on any atom is 0.490 e. The highest BCUT2D eigenvalue weighted by atomic mass is 19.4. The van der Waals surface area contributed by atoms with Crippen LogP contribution in [0.2, 0.25) is 0 Å². The molecule has 0 bridgehead atoms. The minimum absolute atomic E-state index is 0.218. The molecule has 2 aromatic heterocycles. The predicted octanol–water partition coefficient (Wildman–Crippen LogP) is 1.46. The largest absolute Gasteiger partial charge is 0.490 e. The fourth-order valence-corrected chi connectivity index (χ4v) is 3.02. The number of aliphatic carboxylic acids is 1. The van der Waals surface area contributed by atoms with E-state index in [0.717, 1.165) is 48.6 Å².